The SMILES string of the molecule is CN(Cc1nc(-c2ccc(Cl)cc2)no1)C(=O)c1cc2c(ccc3ccccc32)o1. The summed E-state index contributed by atoms with van der Waals surface area (Å²) in [5.41, 5.74) is 1.46. The summed E-state index contributed by atoms with van der Waals surface area (Å²) in [6, 6.07) is 20.8. The van der Waals surface area contributed by atoms with Gasteiger partial charge in [0.1, 0.15) is 12.1 Å². The van der Waals surface area contributed by atoms with Crippen molar-refractivity contribution in [3.63, 3.8) is 0 Å². The van der Waals surface area contributed by atoms with Crippen LogP contribution in [-0.2, 0) is 6.54 Å². The van der Waals surface area contributed by atoms with Gasteiger partial charge in [0.15, 0.2) is 5.76 Å². The van der Waals surface area contributed by atoms with Gasteiger partial charge in [-0.05, 0) is 47.2 Å². The summed E-state index contributed by atoms with van der Waals surface area (Å²) in [6.07, 6.45) is 0. The van der Waals surface area contributed by atoms with Crippen LogP contribution in [0, 0.1) is 0 Å². The molecule has 5 rings (SSSR count). The van der Waals surface area contributed by atoms with Crippen molar-refractivity contribution in [1.29, 1.82) is 0 Å². The van der Waals surface area contributed by atoms with E-state index >= 15 is 0 Å². The van der Waals surface area contributed by atoms with Crippen LogP contribution in [0.2, 0.25) is 5.02 Å². The molecule has 0 aliphatic rings. The van der Waals surface area contributed by atoms with Gasteiger partial charge in [-0.1, -0.05) is 47.1 Å². The number of furan rings is 1. The normalized spacial score (nSPS) is 11.3. The maximum absolute atomic E-state index is 12.9. The molecule has 2 aromatic heterocycles. The van der Waals surface area contributed by atoms with Gasteiger partial charge < -0.3 is 13.8 Å². The topological polar surface area (TPSA) is 72.4 Å². The highest BCUT2D eigenvalue weighted by Crippen LogP contribution is 2.28. The molecule has 0 saturated carbocycles. The van der Waals surface area contributed by atoms with Gasteiger partial charge in [0, 0.05) is 23.0 Å². The molecule has 0 aliphatic heterocycles. The zero-order valence-electron chi connectivity index (χ0n) is 16.0. The van der Waals surface area contributed by atoms with Crippen LogP contribution in [0.25, 0.3) is 33.1 Å². The summed E-state index contributed by atoms with van der Waals surface area (Å²) in [5, 5.41) is 7.66. The van der Waals surface area contributed by atoms with Crippen LogP contribution in [0.1, 0.15) is 16.4 Å². The fourth-order valence-corrected chi connectivity index (χ4v) is 3.52. The van der Waals surface area contributed by atoms with Crippen LogP contribution in [0.5, 0.6) is 0 Å². The Labute approximate surface area is 176 Å². The fraction of sp³-hybridized carbons (Fsp3) is 0.0870. The van der Waals surface area contributed by atoms with E-state index in [9.17, 15) is 4.79 Å². The van der Waals surface area contributed by atoms with Crippen molar-refractivity contribution < 1.29 is 13.7 Å². The number of hydrogen-bond donors (Lipinski definition) is 0. The van der Waals surface area contributed by atoms with Gasteiger partial charge in [0.2, 0.25) is 11.7 Å². The summed E-state index contributed by atoms with van der Waals surface area (Å²) in [7, 11) is 1.67. The van der Waals surface area contributed by atoms with Gasteiger partial charge in [0.25, 0.3) is 5.91 Å². The Balaban J connectivity index is 1.38. The Kier molecular flexibility index (Phi) is 4.48. The number of halogens is 1. The molecule has 0 spiro atoms. The Bertz CT molecular complexity index is 1370. The third-order valence-electron chi connectivity index (χ3n) is 4.93. The summed E-state index contributed by atoms with van der Waals surface area (Å²) in [6.45, 7) is 0.164. The molecule has 0 bridgehead atoms. The van der Waals surface area contributed by atoms with Crippen molar-refractivity contribution in [1.82, 2.24) is 15.0 Å². The number of carbonyl (C=O) groups is 1. The average molecular weight is 418 g/mol. The highest BCUT2D eigenvalue weighted by atomic mass is 35.5. The van der Waals surface area contributed by atoms with Crippen molar-refractivity contribution in [2.75, 3.05) is 7.05 Å². The first kappa shape index (κ1) is 18.4. The number of rotatable bonds is 4. The molecule has 148 valence electrons. The predicted octanol–water partition coefficient (Wildman–Crippen LogP) is 5.56. The minimum absolute atomic E-state index is 0.164. The van der Waals surface area contributed by atoms with Crippen LogP contribution in [0.4, 0.5) is 0 Å². The van der Waals surface area contributed by atoms with E-state index in [4.69, 9.17) is 20.5 Å². The maximum Gasteiger partial charge on any atom is 0.289 e. The van der Waals surface area contributed by atoms with Crippen LogP contribution in [0.15, 0.2) is 75.7 Å². The Morgan fingerprint density at radius 3 is 2.67 bits per heavy atom. The minimum Gasteiger partial charge on any atom is -0.451 e. The van der Waals surface area contributed by atoms with Gasteiger partial charge in [-0.25, -0.2) is 0 Å². The van der Waals surface area contributed by atoms with Crippen molar-refractivity contribution >= 4 is 39.2 Å². The van der Waals surface area contributed by atoms with E-state index in [1.54, 1.807) is 25.2 Å². The summed E-state index contributed by atoms with van der Waals surface area (Å²) < 4.78 is 11.1. The van der Waals surface area contributed by atoms with E-state index in [0.29, 0.717) is 22.3 Å². The van der Waals surface area contributed by atoms with E-state index in [-0.39, 0.29) is 18.2 Å². The summed E-state index contributed by atoms with van der Waals surface area (Å²) in [5.74, 6) is 0.776. The smallest absolute Gasteiger partial charge is 0.289 e. The standard InChI is InChI=1S/C23H16ClN3O3/c1-27(13-21-25-22(26-30-21)15-6-9-16(24)10-7-15)23(28)20-12-18-17-5-3-2-4-14(17)8-11-19(18)29-20/h2-12H,13H2,1H3. The fourth-order valence-electron chi connectivity index (χ4n) is 3.40. The third kappa shape index (κ3) is 3.31. The van der Waals surface area contributed by atoms with Crippen molar-refractivity contribution in [2.24, 2.45) is 0 Å². The molecule has 6 nitrogen and oxygen atoms in total. The van der Waals surface area contributed by atoms with Crippen LogP contribution < -0.4 is 0 Å². The minimum atomic E-state index is -0.262. The third-order valence-corrected chi connectivity index (χ3v) is 5.18. The molecule has 0 atom stereocenters. The van der Waals surface area contributed by atoms with Gasteiger partial charge >= 0.3 is 0 Å². The van der Waals surface area contributed by atoms with Crippen molar-refractivity contribution in [3.8, 4) is 11.4 Å². The lowest BCUT2D eigenvalue weighted by atomic mass is 10.1. The van der Waals surface area contributed by atoms with E-state index in [1.165, 1.54) is 4.90 Å². The quantitative estimate of drug-likeness (QED) is 0.382. The molecule has 0 N–H and O–H groups in total. The van der Waals surface area contributed by atoms with Crippen LogP contribution in [-0.4, -0.2) is 28.0 Å². The zero-order valence-corrected chi connectivity index (χ0v) is 16.8. The number of benzene rings is 3. The molecule has 0 radical (unpaired) electrons. The van der Waals surface area contributed by atoms with Gasteiger partial charge in [-0.15, -0.1) is 0 Å². The molecular formula is C23H16ClN3O3. The van der Waals surface area contributed by atoms with Crippen molar-refractivity contribution in [3.05, 3.63) is 83.4 Å². The first-order chi connectivity index (χ1) is 14.6. The highest BCUT2D eigenvalue weighted by molar-refractivity contribution is 6.30. The lowest BCUT2D eigenvalue weighted by Gasteiger charge is -2.12. The second-order valence-electron chi connectivity index (χ2n) is 6.99. The van der Waals surface area contributed by atoms with E-state index in [0.717, 1.165) is 21.7 Å². The number of fused-ring (bicyclic) bond motifs is 3. The molecule has 2 heterocycles. The lowest BCUT2D eigenvalue weighted by Crippen LogP contribution is -2.25. The first-order valence-electron chi connectivity index (χ1n) is 9.34. The van der Waals surface area contributed by atoms with Crippen molar-refractivity contribution in [2.45, 2.75) is 6.54 Å². The molecular weight excluding hydrogens is 402 g/mol. The first-order valence-corrected chi connectivity index (χ1v) is 9.71. The highest BCUT2D eigenvalue weighted by Gasteiger charge is 2.20. The molecule has 1 amide bonds. The average Bonchev–Trinajstić information content (AvgIpc) is 3.41. The Morgan fingerprint density at radius 2 is 1.83 bits per heavy atom. The Morgan fingerprint density at radius 1 is 1.03 bits per heavy atom. The lowest BCUT2D eigenvalue weighted by molar-refractivity contribution is 0.0740. The monoisotopic (exact) mass is 417 g/mol. The predicted molar refractivity (Wildman–Crippen MR) is 114 cm³/mol. The van der Waals surface area contributed by atoms with Gasteiger partial charge in [-0.2, -0.15) is 4.98 Å². The molecule has 7 heteroatoms. The van der Waals surface area contributed by atoms with E-state index < -0.39 is 0 Å². The van der Waals surface area contributed by atoms with E-state index in [1.807, 2.05) is 48.5 Å². The van der Waals surface area contributed by atoms with Crippen LogP contribution >= 0.6 is 11.6 Å². The van der Waals surface area contributed by atoms with Gasteiger partial charge in [0.05, 0.1) is 0 Å². The molecule has 0 aliphatic carbocycles. The number of hydrogen-bond acceptors (Lipinski definition) is 5. The molecule has 0 saturated heterocycles. The number of amides is 1. The van der Waals surface area contributed by atoms with Gasteiger partial charge in [-0.3, -0.25) is 4.79 Å². The van der Waals surface area contributed by atoms with E-state index in [2.05, 4.69) is 10.1 Å². The Hall–Kier alpha value is -3.64. The number of nitrogens with zero attached hydrogens (tertiary/aromatic N) is 3. The molecule has 0 unspecified atom stereocenters. The zero-order chi connectivity index (χ0) is 20.7. The number of aromatic nitrogens is 2. The van der Waals surface area contributed by atoms with Crippen LogP contribution in [0.3, 0.4) is 0 Å². The maximum atomic E-state index is 12.9. The summed E-state index contributed by atoms with van der Waals surface area (Å²) in [4.78, 5) is 18.7. The second-order valence-corrected chi connectivity index (χ2v) is 7.43. The largest absolute Gasteiger partial charge is 0.451 e. The summed E-state index contributed by atoms with van der Waals surface area (Å²) >= 11 is 5.91. The molecule has 5 aromatic rings. The molecule has 3 aromatic carbocycles. The molecule has 0 fully saturated rings. The number of carbonyl (C=O) groups excluding carboxylic acids is 1. The molecule has 30 heavy (non-hydrogen) atoms. The second kappa shape index (κ2) is 7.31.